The van der Waals surface area contributed by atoms with Crippen LogP contribution < -0.4 is 0 Å². The molecule has 6 nitrogen and oxygen atoms in total. The number of aromatic nitrogens is 2. The molecule has 1 fully saturated rings. The lowest BCUT2D eigenvalue weighted by atomic mass is 10.1. The Balaban J connectivity index is 1.93. The lowest BCUT2D eigenvalue weighted by molar-refractivity contribution is -0.157. The minimum Gasteiger partial charge on any atom is -0.347 e. The molecule has 0 spiro atoms. The number of hydrogen-bond donors (Lipinski definition) is 1. The van der Waals surface area contributed by atoms with Gasteiger partial charge in [-0.05, 0) is 0 Å². The molecular weight excluding hydrogens is 289 g/mol. The van der Waals surface area contributed by atoms with E-state index in [2.05, 4.69) is 9.97 Å². The number of carbonyl (C=O) groups is 2. The first-order chi connectivity index (χ1) is 9.76. The van der Waals surface area contributed by atoms with Crippen molar-refractivity contribution in [3.63, 3.8) is 0 Å². The van der Waals surface area contributed by atoms with Crippen LogP contribution in [0.15, 0.2) is 12.4 Å². The molecule has 0 bridgehead atoms. The van der Waals surface area contributed by atoms with Gasteiger partial charge in [-0.2, -0.15) is 13.2 Å². The molecule has 1 atom stereocenters. The molecule has 116 valence electrons. The van der Waals surface area contributed by atoms with Crippen molar-refractivity contribution >= 4 is 11.8 Å². The molecular formula is C12H15F3N4O2. The third-order valence-electron chi connectivity index (χ3n) is 3.25. The van der Waals surface area contributed by atoms with Gasteiger partial charge in [-0.3, -0.25) is 9.59 Å². The fourth-order valence-electron chi connectivity index (χ4n) is 2.31. The summed E-state index contributed by atoms with van der Waals surface area (Å²) < 4.78 is 37.0. The van der Waals surface area contributed by atoms with Crippen molar-refractivity contribution in [2.45, 2.75) is 19.1 Å². The number of nitrogens with one attached hydrogen (secondary N) is 1. The highest BCUT2D eigenvalue weighted by atomic mass is 19.4. The van der Waals surface area contributed by atoms with E-state index in [9.17, 15) is 22.8 Å². The number of carbonyl (C=O) groups excluding carboxylic acids is 2. The van der Waals surface area contributed by atoms with Crippen molar-refractivity contribution in [2.75, 3.05) is 20.1 Å². The summed E-state index contributed by atoms with van der Waals surface area (Å²) in [6.07, 6.45) is -1.49. The topological polar surface area (TPSA) is 69.3 Å². The molecule has 1 unspecified atom stereocenters. The molecule has 9 heteroatoms. The molecule has 1 aromatic heterocycles. The third-order valence-corrected chi connectivity index (χ3v) is 3.25. The van der Waals surface area contributed by atoms with Gasteiger partial charge < -0.3 is 14.8 Å². The highest BCUT2D eigenvalue weighted by Crippen LogP contribution is 2.25. The summed E-state index contributed by atoms with van der Waals surface area (Å²) in [5.74, 6) is -1.16. The number of hydrogen-bond acceptors (Lipinski definition) is 3. The van der Waals surface area contributed by atoms with Crippen LogP contribution in [0, 0.1) is 5.92 Å². The monoisotopic (exact) mass is 304 g/mol. The van der Waals surface area contributed by atoms with Gasteiger partial charge in [0.05, 0.1) is 12.5 Å². The number of likely N-dealkylation sites (tertiary alicyclic amines) is 1. The van der Waals surface area contributed by atoms with Gasteiger partial charge in [0, 0.05) is 32.4 Å². The van der Waals surface area contributed by atoms with Crippen LogP contribution in [-0.2, 0) is 16.1 Å². The molecule has 21 heavy (non-hydrogen) atoms. The second kappa shape index (κ2) is 5.74. The number of halogens is 3. The van der Waals surface area contributed by atoms with Gasteiger partial charge in [0.1, 0.15) is 12.4 Å². The first kappa shape index (κ1) is 15.3. The SMILES string of the molecule is CN(Cc1ncc[nH]1)C(=O)C1CC(=O)N(CC(F)(F)F)C1. The molecule has 0 aliphatic carbocycles. The minimum absolute atomic E-state index is 0.183. The van der Waals surface area contributed by atoms with Crippen molar-refractivity contribution in [3.8, 4) is 0 Å². The normalized spacial score (nSPS) is 19.1. The fraction of sp³-hybridized carbons (Fsp3) is 0.583. The van der Waals surface area contributed by atoms with Gasteiger partial charge in [-0.15, -0.1) is 0 Å². The van der Waals surface area contributed by atoms with Crippen LogP contribution in [0.1, 0.15) is 12.2 Å². The highest BCUT2D eigenvalue weighted by molar-refractivity contribution is 5.89. The van der Waals surface area contributed by atoms with Gasteiger partial charge in [0.25, 0.3) is 0 Å². The predicted molar refractivity (Wildman–Crippen MR) is 65.8 cm³/mol. The Morgan fingerprint density at radius 3 is 2.86 bits per heavy atom. The Kier molecular flexibility index (Phi) is 4.19. The smallest absolute Gasteiger partial charge is 0.347 e. The van der Waals surface area contributed by atoms with Crippen LogP contribution in [0.25, 0.3) is 0 Å². The van der Waals surface area contributed by atoms with Gasteiger partial charge in [0.2, 0.25) is 11.8 Å². The Bertz CT molecular complexity index is 515. The number of rotatable bonds is 4. The van der Waals surface area contributed by atoms with E-state index >= 15 is 0 Å². The van der Waals surface area contributed by atoms with Crippen LogP contribution in [0.3, 0.4) is 0 Å². The first-order valence-corrected chi connectivity index (χ1v) is 6.34. The molecule has 1 saturated heterocycles. The van der Waals surface area contributed by atoms with Gasteiger partial charge in [-0.25, -0.2) is 4.98 Å². The predicted octanol–water partition coefficient (Wildman–Crippen LogP) is 0.779. The van der Waals surface area contributed by atoms with Crippen molar-refractivity contribution in [2.24, 2.45) is 5.92 Å². The molecule has 0 saturated carbocycles. The average Bonchev–Trinajstić information content (AvgIpc) is 2.97. The molecule has 0 aromatic carbocycles. The zero-order valence-electron chi connectivity index (χ0n) is 11.4. The van der Waals surface area contributed by atoms with Crippen molar-refractivity contribution < 1.29 is 22.8 Å². The van der Waals surface area contributed by atoms with E-state index in [1.807, 2.05) is 0 Å². The molecule has 2 amide bonds. The lowest BCUT2D eigenvalue weighted by Gasteiger charge is -2.21. The number of alkyl halides is 3. The molecule has 2 heterocycles. The zero-order valence-corrected chi connectivity index (χ0v) is 11.4. The van der Waals surface area contributed by atoms with Crippen LogP contribution in [0.2, 0.25) is 0 Å². The summed E-state index contributed by atoms with van der Waals surface area (Å²) in [5, 5.41) is 0. The van der Waals surface area contributed by atoms with Gasteiger partial charge in [0.15, 0.2) is 0 Å². The number of amides is 2. The largest absolute Gasteiger partial charge is 0.406 e. The number of imidazole rings is 1. The van der Waals surface area contributed by atoms with E-state index < -0.39 is 24.5 Å². The van der Waals surface area contributed by atoms with E-state index in [0.29, 0.717) is 10.7 Å². The second-order valence-electron chi connectivity index (χ2n) is 5.02. The molecule has 1 aliphatic heterocycles. The fourth-order valence-corrected chi connectivity index (χ4v) is 2.31. The quantitative estimate of drug-likeness (QED) is 0.893. The molecule has 0 radical (unpaired) electrons. The third kappa shape index (κ3) is 3.96. The van der Waals surface area contributed by atoms with E-state index in [4.69, 9.17) is 0 Å². The molecule has 2 rings (SSSR count). The second-order valence-corrected chi connectivity index (χ2v) is 5.02. The Hall–Kier alpha value is -2.06. The maximum Gasteiger partial charge on any atom is 0.406 e. The zero-order chi connectivity index (χ0) is 15.6. The van der Waals surface area contributed by atoms with Crippen LogP contribution in [0.4, 0.5) is 13.2 Å². The summed E-state index contributed by atoms with van der Waals surface area (Å²) >= 11 is 0. The van der Waals surface area contributed by atoms with E-state index in [-0.39, 0.29) is 25.4 Å². The van der Waals surface area contributed by atoms with Crippen LogP contribution in [0.5, 0.6) is 0 Å². The summed E-state index contributed by atoms with van der Waals surface area (Å²) in [7, 11) is 1.53. The number of aromatic amines is 1. The van der Waals surface area contributed by atoms with E-state index in [1.165, 1.54) is 18.1 Å². The van der Waals surface area contributed by atoms with Crippen molar-refractivity contribution in [1.29, 1.82) is 0 Å². The van der Waals surface area contributed by atoms with Crippen molar-refractivity contribution in [1.82, 2.24) is 19.8 Å². The molecule has 1 N–H and O–H groups in total. The minimum atomic E-state index is -4.45. The Labute approximate surface area is 118 Å². The summed E-state index contributed by atoms with van der Waals surface area (Å²) in [4.78, 5) is 32.5. The van der Waals surface area contributed by atoms with E-state index in [1.54, 1.807) is 6.20 Å². The summed E-state index contributed by atoms with van der Waals surface area (Å²) in [5.41, 5.74) is 0. The standard InChI is InChI=1S/C12H15F3N4O2/c1-18(6-9-16-2-3-17-9)11(21)8-4-10(20)19(5-8)7-12(13,14)15/h2-3,8H,4-7H2,1H3,(H,16,17). The average molecular weight is 304 g/mol. The summed E-state index contributed by atoms with van der Waals surface area (Å²) in [6.45, 7) is -1.28. The maximum atomic E-state index is 12.3. The van der Waals surface area contributed by atoms with Crippen molar-refractivity contribution in [3.05, 3.63) is 18.2 Å². The lowest BCUT2D eigenvalue weighted by Crippen LogP contribution is -2.37. The van der Waals surface area contributed by atoms with Gasteiger partial charge in [-0.1, -0.05) is 0 Å². The Morgan fingerprint density at radius 1 is 1.57 bits per heavy atom. The Morgan fingerprint density at radius 2 is 2.29 bits per heavy atom. The summed E-state index contributed by atoms with van der Waals surface area (Å²) in [6, 6.07) is 0. The molecule has 1 aromatic rings. The van der Waals surface area contributed by atoms with Crippen LogP contribution in [-0.4, -0.2) is 57.9 Å². The van der Waals surface area contributed by atoms with E-state index in [0.717, 1.165) is 0 Å². The number of nitrogens with zero attached hydrogens (tertiary/aromatic N) is 3. The molecule has 1 aliphatic rings. The van der Waals surface area contributed by atoms with Crippen LogP contribution >= 0.6 is 0 Å². The maximum absolute atomic E-state index is 12.3. The first-order valence-electron chi connectivity index (χ1n) is 6.34. The van der Waals surface area contributed by atoms with Gasteiger partial charge >= 0.3 is 6.18 Å². The number of H-pyrrole nitrogens is 1. The highest BCUT2D eigenvalue weighted by Gasteiger charge is 2.41.